The number of esters is 1. The van der Waals surface area contributed by atoms with Gasteiger partial charge >= 0.3 is 12.1 Å². The van der Waals surface area contributed by atoms with E-state index < -0.39 is 11.6 Å². The number of rotatable bonds is 6. The Morgan fingerprint density at radius 2 is 1.85 bits per heavy atom. The third-order valence-electron chi connectivity index (χ3n) is 5.83. The zero-order valence-corrected chi connectivity index (χ0v) is 20.4. The second-order valence-corrected chi connectivity index (χ2v) is 9.61. The normalized spacial score (nSPS) is 14.3. The molecule has 0 radical (unpaired) electrons. The molecule has 2 aromatic carbocycles. The van der Waals surface area contributed by atoms with E-state index in [1.807, 2.05) is 39.0 Å². The van der Waals surface area contributed by atoms with Crippen molar-refractivity contribution in [1.29, 1.82) is 5.26 Å². The van der Waals surface area contributed by atoms with Gasteiger partial charge in [-0.25, -0.2) is 9.59 Å². The highest BCUT2D eigenvalue weighted by Gasteiger charge is 2.26. The third kappa shape index (κ3) is 6.98. The van der Waals surface area contributed by atoms with Crippen LogP contribution in [0.1, 0.15) is 56.0 Å². The molecule has 1 aliphatic heterocycles. The number of carbonyl (C=O) groups excluding carboxylic acids is 2. The molecule has 7 nitrogen and oxygen atoms in total. The Balaban J connectivity index is 1.61. The molecule has 0 spiro atoms. The van der Waals surface area contributed by atoms with E-state index in [0.717, 1.165) is 42.6 Å². The Kier molecular flexibility index (Phi) is 8.17. The van der Waals surface area contributed by atoms with Gasteiger partial charge in [-0.2, -0.15) is 5.26 Å². The summed E-state index contributed by atoms with van der Waals surface area (Å²) in [6.07, 6.45) is 2.60. The summed E-state index contributed by atoms with van der Waals surface area (Å²) in [5, 5.41) is 12.7. The summed E-state index contributed by atoms with van der Waals surface area (Å²) in [6.45, 7) is 7.80. The average molecular weight is 464 g/mol. The van der Waals surface area contributed by atoms with Crippen LogP contribution in [-0.2, 0) is 9.47 Å². The van der Waals surface area contributed by atoms with Crippen LogP contribution in [0.2, 0.25) is 0 Å². The van der Waals surface area contributed by atoms with Gasteiger partial charge in [0.15, 0.2) is 0 Å². The Hall–Kier alpha value is -3.53. The van der Waals surface area contributed by atoms with Crippen LogP contribution < -0.4 is 5.32 Å². The van der Waals surface area contributed by atoms with Crippen LogP contribution in [0, 0.1) is 17.2 Å². The molecule has 0 aliphatic carbocycles. The Morgan fingerprint density at radius 3 is 2.50 bits per heavy atom. The van der Waals surface area contributed by atoms with Crippen LogP contribution in [0.5, 0.6) is 0 Å². The number of nitrogens with zero attached hydrogens (tertiary/aromatic N) is 2. The van der Waals surface area contributed by atoms with Gasteiger partial charge in [-0.1, -0.05) is 12.1 Å². The Bertz CT molecular complexity index is 1060. The maximum absolute atomic E-state index is 12.3. The SMILES string of the molecule is COC(=O)c1cc(NCCC2CCN(C(=O)OC(C)(C)C)CC2)cc(-c2cccc(C#N)c2)c1. The smallest absolute Gasteiger partial charge is 0.410 e. The van der Waals surface area contributed by atoms with Gasteiger partial charge in [0.05, 0.1) is 24.3 Å². The van der Waals surface area contributed by atoms with E-state index in [1.54, 1.807) is 29.2 Å². The minimum Gasteiger partial charge on any atom is -0.465 e. The number of methoxy groups -OCH3 is 1. The molecule has 180 valence electrons. The van der Waals surface area contributed by atoms with Crippen LogP contribution in [0.25, 0.3) is 11.1 Å². The lowest BCUT2D eigenvalue weighted by molar-refractivity contribution is 0.0182. The van der Waals surface area contributed by atoms with Gasteiger partial charge in [-0.3, -0.25) is 0 Å². The molecule has 1 saturated heterocycles. The number of nitriles is 1. The lowest BCUT2D eigenvalue weighted by Gasteiger charge is -2.33. The first-order chi connectivity index (χ1) is 16.2. The molecule has 1 N–H and O–H groups in total. The van der Waals surface area contributed by atoms with Crippen LogP contribution in [0.3, 0.4) is 0 Å². The zero-order chi connectivity index (χ0) is 24.7. The number of carbonyl (C=O) groups is 2. The monoisotopic (exact) mass is 463 g/mol. The third-order valence-corrected chi connectivity index (χ3v) is 5.83. The van der Waals surface area contributed by atoms with Crippen LogP contribution >= 0.6 is 0 Å². The molecule has 0 bridgehead atoms. The molecule has 2 aromatic rings. The molecule has 0 saturated carbocycles. The van der Waals surface area contributed by atoms with Crippen LogP contribution in [-0.4, -0.2) is 49.3 Å². The molecule has 1 fully saturated rings. The number of hydrogen-bond donors (Lipinski definition) is 1. The number of likely N-dealkylation sites (tertiary alicyclic amines) is 1. The summed E-state index contributed by atoms with van der Waals surface area (Å²) >= 11 is 0. The van der Waals surface area contributed by atoms with E-state index in [0.29, 0.717) is 30.1 Å². The molecule has 3 rings (SSSR count). The van der Waals surface area contributed by atoms with Crippen molar-refractivity contribution in [3.63, 3.8) is 0 Å². The lowest BCUT2D eigenvalue weighted by Crippen LogP contribution is -2.41. The molecular weight excluding hydrogens is 430 g/mol. The highest BCUT2D eigenvalue weighted by molar-refractivity contribution is 5.92. The molecular formula is C27H33N3O4. The quantitative estimate of drug-likeness (QED) is 0.572. The molecule has 0 aromatic heterocycles. The fourth-order valence-corrected chi connectivity index (χ4v) is 4.05. The summed E-state index contributed by atoms with van der Waals surface area (Å²) < 4.78 is 10.4. The summed E-state index contributed by atoms with van der Waals surface area (Å²) in [5.74, 6) is 0.109. The summed E-state index contributed by atoms with van der Waals surface area (Å²) in [6, 6.07) is 15.0. The van der Waals surface area contributed by atoms with Crippen molar-refractivity contribution in [3.8, 4) is 17.2 Å². The maximum atomic E-state index is 12.3. The zero-order valence-electron chi connectivity index (χ0n) is 20.4. The average Bonchev–Trinajstić information content (AvgIpc) is 2.82. The predicted molar refractivity (Wildman–Crippen MR) is 132 cm³/mol. The molecule has 1 amide bonds. The minimum absolute atomic E-state index is 0.239. The number of nitrogens with one attached hydrogen (secondary N) is 1. The Morgan fingerprint density at radius 1 is 1.12 bits per heavy atom. The number of benzene rings is 2. The number of piperidine rings is 1. The van der Waals surface area contributed by atoms with E-state index >= 15 is 0 Å². The number of hydrogen-bond acceptors (Lipinski definition) is 6. The van der Waals surface area contributed by atoms with Crippen LogP contribution in [0.4, 0.5) is 10.5 Å². The molecule has 1 heterocycles. The van der Waals surface area contributed by atoms with Gasteiger partial charge in [0.2, 0.25) is 0 Å². The van der Waals surface area contributed by atoms with Crippen molar-refractivity contribution in [2.24, 2.45) is 5.92 Å². The summed E-state index contributed by atoms with van der Waals surface area (Å²) in [7, 11) is 1.36. The fourth-order valence-electron chi connectivity index (χ4n) is 4.05. The number of anilines is 1. The first kappa shape index (κ1) is 25.1. The second-order valence-electron chi connectivity index (χ2n) is 9.61. The van der Waals surface area contributed by atoms with Gasteiger partial charge in [0, 0.05) is 25.3 Å². The predicted octanol–water partition coefficient (Wildman–Crippen LogP) is 5.46. The first-order valence-electron chi connectivity index (χ1n) is 11.6. The van der Waals surface area contributed by atoms with Crippen LogP contribution in [0.15, 0.2) is 42.5 Å². The highest BCUT2D eigenvalue weighted by atomic mass is 16.6. The van der Waals surface area contributed by atoms with E-state index in [9.17, 15) is 14.9 Å². The van der Waals surface area contributed by atoms with Gasteiger partial charge < -0.3 is 19.7 Å². The van der Waals surface area contributed by atoms with Gasteiger partial charge in [-0.05, 0) is 87.4 Å². The van der Waals surface area contributed by atoms with E-state index in [1.165, 1.54) is 7.11 Å². The maximum Gasteiger partial charge on any atom is 0.410 e. The second kappa shape index (κ2) is 11.1. The van der Waals surface area contributed by atoms with E-state index in [2.05, 4.69) is 11.4 Å². The van der Waals surface area contributed by atoms with Crippen molar-refractivity contribution in [2.45, 2.75) is 45.6 Å². The number of amides is 1. The Labute approximate surface area is 201 Å². The molecule has 7 heteroatoms. The van der Waals surface area contributed by atoms with Crippen molar-refractivity contribution < 1.29 is 19.1 Å². The van der Waals surface area contributed by atoms with Crippen molar-refractivity contribution >= 4 is 17.7 Å². The van der Waals surface area contributed by atoms with E-state index in [4.69, 9.17) is 9.47 Å². The van der Waals surface area contributed by atoms with Gasteiger partial charge in [0.25, 0.3) is 0 Å². The molecule has 1 aliphatic rings. The van der Waals surface area contributed by atoms with Crippen molar-refractivity contribution in [3.05, 3.63) is 53.6 Å². The lowest BCUT2D eigenvalue weighted by atomic mass is 9.93. The molecule has 0 unspecified atom stereocenters. The largest absolute Gasteiger partial charge is 0.465 e. The highest BCUT2D eigenvalue weighted by Crippen LogP contribution is 2.27. The van der Waals surface area contributed by atoms with Crippen molar-refractivity contribution in [1.82, 2.24) is 4.90 Å². The topological polar surface area (TPSA) is 91.7 Å². The standard InChI is InChI=1S/C27H33N3O4/c1-27(2,3)34-26(32)30-12-9-19(10-13-30)8-11-29-24-16-22(15-23(17-24)25(31)33-4)21-7-5-6-20(14-21)18-28/h5-7,14-17,19,29H,8-13H2,1-4H3. The first-order valence-corrected chi connectivity index (χ1v) is 11.6. The van der Waals surface area contributed by atoms with Gasteiger partial charge in [-0.15, -0.1) is 0 Å². The van der Waals surface area contributed by atoms with E-state index in [-0.39, 0.29) is 6.09 Å². The minimum atomic E-state index is -0.481. The number of ether oxygens (including phenoxy) is 2. The molecule has 0 atom stereocenters. The summed E-state index contributed by atoms with van der Waals surface area (Å²) in [5.41, 5.74) is 3.07. The van der Waals surface area contributed by atoms with Crippen molar-refractivity contribution in [2.75, 3.05) is 32.1 Å². The van der Waals surface area contributed by atoms with Gasteiger partial charge in [0.1, 0.15) is 5.60 Å². The molecule has 34 heavy (non-hydrogen) atoms. The summed E-state index contributed by atoms with van der Waals surface area (Å²) in [4.78, 5) is 26.3. The fraction of sp³-hybridized carbons (Fsp3) is 0.444.